The van der Waals surface area contributed by atoms with E-state index < -0.39 is 5.25 Å². The lowest BCUT2D eigenvalue weighted by Crippen LogP contribution is -2.25. The van der Waals surface area contributed by atoms with Crippen LogP contribution in [0.15, 0.2) is 40.3 Å². The number of amides is 1. The predicted octanol–water partition coefficient (Wildman–Crippen LogP) is 3.21. The molecule has 1 aromatic carbocycles. The minimum atomic E-state index is -0.417. The quantitative estimate of drug-likeness (QED) is 0.504. The van der Waals surface area contributed by atoms with Crippen LogP contribution in [0.2, 0.25) is 0 Å². The van der Waals surface area contributed by atoms with Gasteiger partial charge in [0.15, 0.2) is 5.16 Å². The average Bonchev–Trinajstić information content (AvgIpc) is 2.64. The largest absolute Gasteiger partial charge is 0.495 e. The van der Waals surface area contributed by atoms with E-state index in [1.54, 1.807) is 19.2 Å². The van der Waals surface area contributed by atoms with Gasteiger partial charge in [-0.2, -0.15) is 0 Å². The second-order valence-electron chi connectivity index (χ2n) is 6.11. The van der Waals surface area contributed by atoms with Crippen LogP contribution in [0.3, 0.4) is 0 Å². The van der Waals surface area contributed by atoms with Crippen LogP contribution in [-0.2, 0) is 16.1 Å². The summed E-state index contributed by atoms with van der Waals surface area (Å²) in [5, 5.41) is 2.85. The number of benzene rings is 1. The Labute approximate surface area is 162 Å². The number of carbonyl (C=O) groups excluding carboxylic acids is 1. The Morgan fingerprint density at radius 2 is 2.07 bits per heavy atom. The smallest absolute Gasteiger partial charge is 0.251 e. The van der Waals surface area contributed by atoms with E-state index in [1.807, 2.05) is 32.9 Å². The number of nitrogens with one attached hydrogen (secondary N) is 2. The number of methoxy groups -OCH3 is 1. The predicted molar refractivity (Wildman–Crippen MR) is 106 cm³/mol. The minimum Gasteiger partial charge on any atom is -0.495 e. The van der Waals surface area contributed by atoms with E-state index in [9.17, 15) is 9.59 Å². The Balaban J connectivity index is 2.11. The third-order valence-electron chi connectivity index (χ3n) is 3.62. The Bertz CT molecular complexity index is 823. The minimum absolute atomic E-state index is 0.0391. The lowest BCUT2D eigenvalue weighted by atomic mass is 10.2. The summed E-state index contributed by atoms with van der Waals surface area (Å²) in [6.07, 6.45) is 0.611. The Morgan fingerprint density at radius 1 is 1.33 bits per heavy atom. The Morgan fingerprint density at radius 3 is 2.74 bits per heavy atom. The first kappa shape index (κ1) is 21.0. The summed E-state index contributed by atoms with van der Waals surface area (Å²) in [6, 6.07) is 8.62. The first-order chi connectivity index (χ1) is 12.9. The van der Waals surface area contributed by atoms with Crippen molar-refractivity contribution < 1.29 is 14.3 Å². The summed E-state index contributed by atoms with van der Waals surface area (Å²) >= 11 is 1.22. The molecule has 0 saturated heterocycles. The van der Waals surface area contributed by atoms with Crippen molar-refractivity contribution >= 4 is 23.4 Å². The third-order valence-corrected chi connectivity index (χ3v) is 4.87. The fourth-order valence-corrected chi connectivity index (χ4v) is 3.21. The van der Waals surface area contributed by atoms with E-state index >= 15 is 0 Å². The topological polar surface area (TPSA) is 93.3 Å². The van der Waals surface area contributed by atoms with Crippen LogP contribution in [0.4, 0.5) is 5.69 Å². The fraction of sp³-hybridized carbons (Fsp3) is 0.421. The van der Waals surface area contributed by atoms with Crippen molar-refractivity contribution in [1.29, 1.82) is 0 Å². The zero-order chi connectivity index (χ0) is 19.8. The lowest BCUT2D eigenvalue weighted by molar-refractivity contribution is -0.115. The standard InChI is InChI=1S/C19H25N3O4S/c1-5-16(18(24)21-14-8-6-7-9-15(14)25-4)27-19-20-13(10-17(23)22-19)11-26-12(2)3/h6-10,12,16H,5,11H2,1-4H3,(H,21,24)(H,20,22,23). The first-order valence-corrected chi connectivity index (χ1v) is 9.63. The van der Waals surface area contributed by atoms with Gasteiger partial charge in [-0.1, -0.05) is 30.8 Å². The molecule has 1 heterocycles. The van der Waals surface area contributed by atoms with Crippen LogP contribution >= 0.6 is 11.8 Å². The van der Waals surface area contributed by atoms with Crippen molar-refractivity contribution in [2.45, 2.75) is 50.3 Å². The van der Waals surface area contributed by atoms with Crippen molar-refractivity contribution in [2.75, 3.05) is 12.4 Å². The number of para-hydroxylation sites is 2. The van der Waals surface area contributed by atoms with Crippen LogP contribution in [0.1, 0.15) is 32.9 Å². The average molecular weight is 391 g/mol. The Kier molecular flexibility index (Phi) is 7.87. The van der Waals surface area contributed by atoms with Gasteiger partial charge in [0.25, 0.3) is 5.56 Å². The van der Waals surface area contributed by atoms with Crippen LogP contribution < -0.4 is 15.6 Å². The van der Waals surface area contributed by atoms with Crippen LogP contribution in [0, 0.1) is 0 Å². The molecule has 2 N–H and O–H groups in total. The monoisotopic (exact) mass is 391 g/mol. The summed E-state index contributed by atoms with van der Waals surface area (Å²) in [5.74, 6) is 0.406. The number of rotatable bonds is 9. The van der Waals surface area contributed by atoms with Gasteiger partial charge in [-0.05, 0) is 32.4 Å². The van der Waals surface area contributed by atoms with Crippen molar-refractivity contribution in [2.24, 2.45) is 0 Å². The number of hydrogen-bond donors (Lipinski definition) is 2. The van der Waals surface area contributed by atoms with Gasteiger partial charge in [0, 0.05) is 6.07 Å². The normalized spacial score (nSPS) is 12.0. The molecule has 0 bridgehead atoms. The lowest BCUT2D eigenvalue weighted by Gasteiger charge is -2.16. The zero-order valence-electron chi connectivity index (χ0n) is 15.9. The number of ether oxygens (including phenoxy) is 2. The van der Waals surface area contributed by atoms with Crippen LogP contribution in [0.25, 0.3) is 0 Å². The molecule has 27 heavy (non-hydrogen) atoms. The number of thioether (sulfide) groups is 1. The van der Waals surface area contributed by atoms with Gasteiger partial charge in [-0.3, -0.25) is 9.59 Å². The number of hydrogen-bond acceptors (Lipinski definition) is 6. The summed E-state index contributed by atoms with van der Waals surface area (Å²) in [7, 11) is 1.55. The van der Waals surface area contributed by atoms with E-state index in [4.69, 9.17) is 9.47 Å². The van der Waals surface area contributed by atoms with E-state index in [1.165, 1.54) is 17.8 Å². The molecule has 0 saturated carbocycles. The summed E-state index contributed by atoms with van der Waals surface area (Å²) in [4.78, 5) is 31.6. The van der Waals surface area contributed by atoms with Gasteiger partial charge in [0.1, 0.15) is 5.75 Å². The maximum Gasteiger partial charge on any atom is 0.251 e. The van der Waals surface area contributed by atoms with E-state index in [-0.39, 0.29) is 24.2 Å². The molecule has 0 aliphatic carbocycles. The highest BCUT2D eigenvalue weighted by Crippen LogP contribution is 2.27. The molecule has 0 aliphatic heterocycles. The number of aromatic nitrogens is 2. The van der Waals surface area contributed by atoms with Gasteiger partial charge in [0.05, 0.1) is 36.5 Å². The zero-order valence-corrected chi connectivity index (χ0v) is 16.8. The van der Waals surface area contributed by atoms with Gasteiger partial charge in [-0.25, -0.2) is 4.98 Å². The van der Waals surface area contributed by atoms with Crippen molar-refractivity contribution in [1.82, 2.24) is 9.97 Å². The summed E-state index contributed by atoms with van der Waals surface area (Å²) < 4.78 is 10.8. The molecule has 8 heteroatoms. The number of anilines is 1. The van der Waals surface area contributed by atoms with Crippen LogP contribution in [-0.4, -0.2) is 34.3 Å². The highest BCUT2D eigenvalue weighted by Gasteiger charge is 2.21. The molecular weight excluding hydrogens is 366 g/mol. The molecule has 0 spiro atoms. The Hall–Kier alpha value is -2.32. The first-order valence-electron chi connectivity index (χ1n) is 8.75. The van der Waals surface area contributed by atoms with Crippen molar-refractivity contribution in [3.63, 3.8) is 0 Å². The molecule has 1 atom stereocenters. The van der Waals surface area contributed by atoms with Crippen molar-refractivity contribution in [3.05, 3.63) is 46.4 Å². The number of aromatic amines is 1. The number of nitrogens with zero attached hydrogens (tertiary/aromatic N) is 1. The molecule has 146 valence electrons. The molecule has 2 aromatic rings. The molecule has 1 amide bonds. The molecule has 7 nitrogen and oxygen atoms in total. The van der Waals surface area contributed by atoms with Gasteiger partial charge in [0.2, 0.25) is 5.91 Å². The maximum absolute atomic E-state index is 12.7. The van der Waals surface area contributed by atoms with Gasteiger partial charge >= 0.3 is 0 Å². The number of carbonyl (C=O) groups is 1. The molecule has 2 rings (SSSR count). The molecule has 1 unspecified atom stereocenters. The molecule has 0 radical (unpaired) electrons. The van der Waals surface area contributed by atoms with E-state index in [2.05, 4.69) is 15.3 Å². The van der Waals surface area contributed by atoms with E-state index in [0.29, 0.717) is 28.7 Å². The number of H-pyrrole nitrogens is 1. The summed E-state index contributed by atoms with van der Waals surface area (Å²) in [5.41, 5.74) is 0.870. The van der Waals surface area contributed by atoms with Crippen LogP contribution in [0.5, 0.6) is 5.75 Å². The SMILES string of the molecule is CCC(Sc1nc(COC(C)C)cc(=O)[nH]1)C(=O)Nc1ccccc1OC. The molecule has 0 aliphatic rings. The van der Waals surface area contributed by atoms with E-state index in [0.717, 1.165) is 0 Å². The molecular formula is C19H25N3O4S. The fourth-order valence-electron chi connectivity index (χ4n) is 2.28. The molecule has 1 aromatic heterocycles. The van der Waals surface area contributed by atoms with Gasteiger partial charge < -0.3 is 19.8 Å². The highest BCUT2D eigenvalue weighted by molar-refractivity contribution is 8.00. The van der Waals surface area contributed by atoms with Crippen molar-refractivity contribution in [3.8, 4) is 5.75 Å². The maximum atomic E-state index is 12.7. The van der Waals surface area contributed by atoms with Gasteiger partial charge in [-0.15, -0.1) is 0 Å². The molecule has 0 fully saturated rings. The second kappa shape index (κ2) is 10.1. The highest BCUT2D eigenvalue weighted by atomic mass is 32.2. The summed E-state index contributed by atoms with van der Waals surface area (Å²) in [6.45, 7) is 5.99. The third kappa shape index (κ3) is 6.41. The second-order valence-corrected chi connectivity index (χ2v) is 7.30.